The molecule has 0 bridgehead atoms. The third-order valence-corrected chi connectivity index (χ3v) is 6.88. The fourth-order valence-corrected chi connectivity index (χ4v) is 4.54. The molecule has 0 radical (unpaired) electrons. The Morgan fingerprint density at radius 1 is 0.971 bits per heavy atom. The number of urea groups is 1. The van der Waals surface area contributed by atoms with E-state index in [-0.39, 0.29) is 42.4 Å². The largest absolute Gasteiger partial charge is 0.471 e. The van der Waals surface area contributed by atoms with Crippen LogP contribution in [0.4, 0.5) is 28.0 Å². The molecule has 8 nitrogen and oxygen atoms in total. The molecule has 1 N–H and O–H groups in total. The SMILES string of the molecule is O=C(CNC(=O)C(F)(F)F)c1ccc(CN(C(=O)N2CCS(=O)(=O)CC2)c2ccccc2F)cc1. The standard InChI is InChI=1S/C22H21F4N3O5S/c23-17-3-1-2-4-18(17)29(21(32)28-9-11-35(33,34)12-10-28)14-15-5-7-16(8-6-15)19(30)13-27-20(31)22(24,25)26/h1-8H,9-14H2,(H,27,31). The molecule has 1 saturated heterocycles. The summed E-state index contributed by atoms with van der Waals surface area (Å²) >= 11 is 0. The minimum atomic E-state index is -5.11. The Labute approximate surface area is 198 Å². The number of nitrogens with zero attached hydrogens (tertiary/aromatic N) is 2. The maximum Gasteiger partial charge on any atom is 0.471 e. The number of anilines is 1. The fraction of sp³-hybridized carbons (Fsp3) is 0.318. The molecule has 0 unspecified atom stereocenters. The molecule has 1 fully saturated rings. The Morgan fingerprint density at radius 2 is 1.57 bits per heavy atom. The van der Waals surface area contributed by atoms with E-state index >= 15 is 0 Å². The van der Waals surface area contributed by atoms with Crippen molar-refractivity contribution in [3.05, 3.63) is 65.5 Å². The third-order valence-electron chi connectivity index (χ3n) is 5.27. The van der Waals surface area contributed by atoms with Crippen molar-refractivity contribution in [1.82, 2.24) is 10.2 Å². The van der Waals surface area contributed by atoms with E-state index in [2.05, 4.69) is 0 Å². The fourth-order valence-electron chi connectivity index (χ4n) is 3.34. The smallest absolute Gasteiger partial charge is 0.341 e. The average Bonchev–Trinajstić information content (AvgIpc) is 2.80. The number of sulfone groups is 1. The second-order valence-corrected chi connectivity index (χ2v) is 10.1. The van der Waals surface area contributed by atoms with E-state index in [1.54, 1.807) is 0 Å². The number of carbonyl (C=O) groups excluding carboxylic acids is 3. The molecule has 2 aromatic carbocycles. The lowest BCUT2D eigenvalue weighted by atomic mass is 10.1. The molecule has 2 aromatic rings. The van der Waals surface area contributed by atoms with Crippen LogP contribution in [0.2, 0.25) is 0 Å². The molecule has 0 atom stereocenters. The van der Waals surface area contributed by atoms with Crippen LogP contribution in [0, 0.1) is 5.82 Å². The van der Waals surface area contributed by atoms with E-state index < -0.39 is 46.1 Å². The number of para-hydroxylation sites is 1. The van der Waals surface area contributed by atoms with Gasteiger partial charge in [0.15, 0.2) is 15.6 Å². The van der Waals surface area contributed by atoms with E-state index in [1.165, 1.54) is 58.7 Å². The molecule has 0 saturated carbocycles. The van der Waals surface area contributed by atoms with Gasteiger partial charge in [0.05, 0.1) is 30.3 Å². The van der Waals surface area contributed by atoms with E-state index in [0.29, 0.717) is 5.56 Å². The van der Waals surface area contributed by atoms with Gasteiger partial charge in [0.25, 0.3) is 0 Å². The number of hydrogen-bond acceptors (Lipinski definition) is 5. The summed E-state index contributed by atoms with van der Waals surface area (Å²) in [5, 5.41) is 1.50. The first-order valence-electron chi connectivity index (χ1n) is 10.4. The van der Waals surface area contributed by atoms with Crippen LogP contribution in [0.5, 0.6) is 0 Å². The van der Waals surface area contributed by atoms with Gasteiger partial charge in [-0.1, -0.05) is 36.4 Å². The van der Waals surface area contributed by atoms with Gasteiger partial charge in [-0.3, -0.25) is 14.5 Å². The van der Waals surface area contributed by atoms with Gasteiger partial charge in [-0.05, 0) is 17.7 Å². The van der Waals surface area contributed by atoms with Crippen molar-refractivity contribution in [1.29, 1.82) is 0 Å². The van der Waals surface area contributed by atoms with Crippen molar-refractivity contribution >= 4 is 33.2 Å². The Bertz CT molecular complexity index is 1200. The normalized spacial score (nSPS) is 15.4. The highest BCUT2D eigenvalue weighted by molar-refractivity contribution is 7.91. The van der Waals surface area contributed by atoms with Gasteiger partial charge in [-0.25, -0.2) is 17.6 Å². The van der Waals surface area contributed by atoms with Crippen LogP contribution in [0.25, 0.3) is 0 Å². The van der Waals surface area contributed by atoms with Crippen molar-refractivity contribution in [3.8, 4) is 0 Å². The number of benzene rings is 2. The van der Waals surface area contributed by atoms with E-state index in [9.17, 15) is 40.4 Å². The number of ketones is 1. The number of carbonyl (C=O) groups is 3. The molecule has 188 valence electrons. The van der Waals surface area contributed by atoms with Crippen molar-refractivity contribution in [3.63, 3.8) is 0 Å². The molecule has 1 aliphatic rings. The van der Waals surface area contributed by atoms with Gasteiger partial charge in [-0.15, -0.1) is 0 Å². The van der Waals surface area contributed by atoms with Gasteiger partial charge in [-0.2, -0.15) is 13.2 Å². The van der Waals surface area contributed by atoms with Crippen molar-refractivity contribution in [2.24, 2.45) is 0 Å². The summed E-state index contributed by atoms with van der Waals surface area (Å²) in [5.74, 6) is -4.06. The lowest BCUT2D eigenvalue weighted by molar-refractivity contribution is -0.173. The summed E-state index contributed by atoms with van der Waals surface area (Å²) in [5.41, 5.74) is 0.476. The molecule has 35 heavy (non-hydrogen) atoms. The summed E-state index contributed by atoms with van der Waals surface area (Å²) in [7, 11) is -3.24. The minimum absolute atomic E-state index is 0.0269. The Hall–Kier alpha value is -3.48. The molecular weight excluding hydrogens is 494 g/mol. The van der Waals surface area contributed by atoms with Crippen LogP contribution in [-0.2, 0) is 21.2 Å². The second-order valence-electron chi connectivity index (χ2n) is 7.76. The summed E-state index contributed by atoms with van der Waals surface area (Å²) in [6, 6.07) is 10.5. The van der Waals surface area contributed by atoms with Crippen molar-refractivity contribution in [2.45, 2.75) is 12.7 Å². The monoisotopic (exact) mass is 515 g/mol. The molecule has 0 aliphatic carbocycles. The Balaban J connectivity index is 1.75. The lowest BCUT2D eigenvalue weighted by Gasteiger charge is -2.33. The highest BCUT2D eigenvalue weighted by Gasteiger charge is 2.38. The first-order chi connectivity index (χ1) is 16.4. The van der Waals surface area contributed by atoms with Crippen LogP contribution in [-0.4, -0.2) is 68.4 Å². The Morgan fingerprint density at radius 3 is 2.14 bits per heavy atom. The van der Waals surface area contributed by atoms with Gasteiger partial charge < -0.3 is 10.2 Å². The van der Waals surface area contributed by atoms with Crippen LogP contribution < -0.4 is 10.2 Å². The maximum atomic E-state index is 14.5. The molecule has 3 amide bonds. The molecule has 1 heterocycles. The van der Waals surface area contributed by atoms with Crippen LogP contribution in [0.1, 0.15) is 15.9 Å². The van der Waals surface area contributed by atoms with E-state index in [4.69, 9.17) is 0 Å². The average molecular weight is 515 g/mol. The third kappa shape index (κ3) is 6.78. The summed E-state index contributed by atoms with van der Waals surface area (Å²) < 4.78 is 74.7. The number of rotatable bonds is 6. The van der Waals surface area contributed by atoms with Crippen LogP contribution >= 0.6 is 0 Å². The van der Waals surface area contributed by atoms with Gasteiger partial charge in [0.1, 0.15) is 5.82 Å². The van der Waals surface area contributed by atoms with Crippen molar-refractivity contribution < 1.29 is 40.4 Å². The van der Waals surface area contributed by atoms with Gasteiger partial charge in [0, 0.05) is 18.7 Å². The molecule has 0 spiro atoms. The van der Waals surface area contributed by atoms with Crippen LogP contribution in [0.15, 0.2) is 48.5 Å². The molecular formula is C22H21F4N3O5S. The molecule has 0 aromatic heterocycles. The highest BCUT2D eigenvalue weighted by atomic mass is 32.2. The second kappa shape index (κ2) is 10.4. The van der Waals surface area contributed by atoms with E-state index in [1.807, 2.05) is 0 Å². The lowest BCUT2D eigenvalue weighted by Crippen LogP contribution is -2.50. The van der Waals surface area contributed by atoms with E-state index in [0.717, 1.165) is 4.90 Å². The van der Waals surface area contributed by atoms with Crippen molar-refractivity contribution in [2.75, 3.05) is 36.0 Å². The predicted molar refractivity (Wildman–Crippen MR) is 118 cm³/mol. The number of nitrogens with one attached hydrogen (secondary N) is 1. The zero-order valence-electron chi connectivity index (χ0n) is 18.2. The minimum Gasteiger partial charge on any atom is -0.341 e. The quantitative estimate of drug-likeness (QED) is 0.471. The maximum absolute atomic E-state index is 14.5. The molecule has 13 heteroatoms. The molecule has 3 rings (SSSR count). The van der Waals surface area contributed by atoms with Gasteiger partial charge >= 0.3 is 18.1 Å². The predicted octanol–water partition coefficient (Wildman–Crippen LogP) is 2.54. The number of halogens is 4. The molecule has 1 aliphatic heterocycles. The first-order valence-corrected chi connectivity index (χ1v) is 12.2. The summed E-state index contributed by atoms with van der Waals surface area (Å²) in [6.45, 7) is -1.05. The summed E-state index contributed by atoms with van der Waals surface area (Å²) in [4.78, 5) is 38.6. The van der Waals surface area contributed by atoms with Gasteiger partial charge in [0.2, 0.25) is 0 Å². The summed E-state index contributed by atoms with van der Waals surface area (Å²) in [6.07, 6.45) is -5.11. The Kier molecular flexibility index (Phi) is 7.78. The topological polar surface area (TPSA) is 104 Å². The number of amides is 3. The number of Topliss-reactive ketones (excluding diaryl/α,β-unsaturated/α-hetero) is 1. The first kappa shape index (κ1) is 26.1. The zero-order valence-corrected chi connectivity index (χ0v) is 19.0. The van der Waals surface area contributed by atoms with Crippen LogP contribution in [0.3, 0.4) is 0 Å². The number of hydrogen-bond donors (Lipinski definition) is 1. The number of alkyl halides is 3. The zero-order chi connectivity index (χ0) is 25.8. The highest BCUT2D eigenvalue weighted by Crippen LogP contribution is 2.24.